The quantitative estimate of drug-likeness (QED) is 0.659. The van der Waals surface area contributed by atoms with Gasteiger partial charge in [0.05, 0.1) is 37.3 Å². The Morgan fingerprint density at radius 1 is 1.38 bits per heavy atom. The van der Waals surface area contributed by atoms with Gasteiger partial charge < -0.3 is 14.7 Å². The molecule has 4 rings (SSSR count). The largest absolute Gasteiger partial charge is 0.497 e. The summed E-state index contributed by atoms with van der Waals surface area (Å²) in [5.41, 5.74) is -0.326. The van der Waals surface area contributed by atoms with E-state index in [1.807, 2.05) is 24.3 Å². The molecule has 0 radical (unpaired) electrons. The first kappa shape index (κ1) is 22.6. The zero-order valence-corrected chi connectivity index (χ0v) is 17.9. The van der Waals surface area contributed by atoms with Gasteiger partial charge in [-0.15, -0.1) is 0 Å². The van der Waals surface area contributed by atoms with E-state index in [1.54, 1.807) is 7.11 Å². The van der Waals surface area contributed by atoms with Crippen LogP contribution in [0.3, 0.4) is 0 Å². The van der Waals surface area contributed by atoms with Crippen LogP contribution in [-0.4, -0.2) is 57.4 Å². The van der Waals surface area contributed by atoms with Crippen molar-refractivity contribution in [1.82, 2.24) is 19.2 Å². The highest BCUT2D eigenvalue weighted by Gasteiger charge is 2.45. The molecule has 0 saturated carbocycles. The molecule has 0 spiro atoms. The smallest absolute Gasteiger partial charge is 0.471 e. The van der Waals surface area contributed by atoms with E-state index in [9.17, 15) is 27.9 Å². The lowest BCUT2D eigenvalue weighted by Crippen LogP contribution is -2.52. The maximum absolute atomic E-state index is 13.0. The molecule has 1 amide bonds. The molecule has 1 atom stereocenters. The number of rotatable bonds is 4. The Hall–Kier alpha value is -2.57. The second-order valence-electron chi connectivity index (χ2n) is 7.84. The third-order valence-corrected chi connectivity index (χ3v) is 6.63. The van der Waals surface area contributed by atoms with Crippen molar-refractivity contribution in [3.05, 3.63) is 52.2 Å². The molecular weight excluding hydrogens is 449 g/mol. The normalized spacial score (nSPS) is 20.2. The molecule has 1 saturated heterocycles. The van der Waals surface area contributed by atoms with Crippen LogP contribution in [0, 0.1) is 0 Å². The molecule has 0 bridgehead atoms. The summed E-state index contributed by atoms with van der Waals surface area (Å²) in [5, 5.41) is 10.8. The average Bonchev–Trinajstić information content (AvgIpc) is 3.20. The van der Waals surface area contributed by atoms with Gasteiger partial charge in [0.1, 0.15) is 10.6 Å². The number of nitrogens with one attached hydrogen (secondary N) is 1. The van der Waals surface area contributed by atoms with Crippen LogP contribution < -0.4 is 15.0 Å². The van der Waals surface area contributed by atoms with Gasteiger partial charge in [-0.1, -0.05) is 12.1 Å². The van der Waals surface area contributed by atoms with Gasteiger partial charge in [-0.3, -0.25) is 14.2 Å². The lowest BCUT2D eigenvalue weighted by atomic mass is 9.91. The van der Waals surface area contributed by atoms with Crippen LogP contribution in [0.5, 0.6) is 5.75 Å². The molecule has 172 valence electrons. The van der Waals surface area contributed by atoms with Crippen LogP contribution in [0.1, 0.15) is 30.1 Å². The molecule has 2 aliphatic heterocycles. The van der Waals surface area contributed by atoms with Crippen molar-refractivity contribution in [3.8, 4) is 5.75 Å². The van der Waals surface area contributed by atoms with E-state index in [0.717, 1.165) is 17.5 Å². The number of likely N-dealkylation sites (tertiary alicyclic amines) is 1. The molecule has 3 heterocycles. The number of ether oxygens (including phenoxy) is 1. The molecule has 2 aromatic rings. The number of carbonyl (C=O) groups excluding carboxylic acids is 1. The van der Waals surface area contributed by atoms with Crippen LogP contribution in [-0.2, 0) is 11.3 Å². The van der Waals surface area contributed by atoms with Gasteiger partial charge in [-0.25, -0.2) is 9.71 Å². The molecule has 1 aromatic heterocycles. The number of alkyl halides is 3. The predicted octanol–water partition coefficient (Wildman–Crippen LogP) is 1.87. The number of nitrogens with zero attached hydrogens (tertiary/aromatic N) is 3. The highest BCUT2D eigenvalue weighted by Crippen LogP contribution is 2.36. The summed E-state index contributed by atoms with van der Waals surface area (Å²) >= 11 is 1.15. The summed E-state index contributed by atoms with van der Waals surface area (Å²) in [6, 6.07) is 7.07. The number of piperidine rings is 1. The van der Waals surface area contributed by atoms with Crippen molar-refractivity contribution in [2.24, 2.45) is 0 Å². The molecule has 0 aliphatic carbocycles. The minimum atomic E-state index is -4.94. The van der Waals surface area contributed by atoms with Crippen LogP contribution in [0.2, 0.25) is 0 Å². The molecule has 32 heavy (non-hydrogen) atoms. The number of amides is 1. The first-order valence-electron chi connectivity index (χ1n) is 9.85. The lowest BCUT2D eigenvalue weighted by Gasteiger charge is -2.38. The van der Waals surface area contributed by atoms with Crippen molar-refractivity contribution in [3.63, 3.8) is 0 Å². The van der Waals surface area contributed by atoms with E-state index < -0.39 is 17.7 Å². The Morgan fingerprint density at radius 3 is 2.75 bits per heavy atom. The maximum Gasteiger partial charge on any atom is 0.471 e. The van der Waals surface area contributed by atoms with Crippen molar-refractivity contribution >= 4 is 17.9 Å². The standard InChI is InChI=1S/C20H21F3N4O4S/c1-31-13-4-2-3-12(9-13)14-15-16(32-25-14)17(28)27(11-24-15)10-19(30)5-7-26(8-6-19)18(29)20(21,22)23/h2-4,9,11,14,25,30H,5-8,10H2,1H3. The first-order chi connectivity index (χ1) is 15.1. The number of hydrogen-bond acceptors (Lipinski definition) is 7. The number of aromatic nitrogens is 2. The Morgan fingerprint density at radius 2 is 2.09 bits per heavy atom. The molecule has 8 nitrogen and oxygen atoms in total. The topological polar surface area (TPSA) is 96.7 Å². The van der Waals surface area contributed by atoms with Gasteiger partial charge in [0.15, 0.2) is 0 Å². The van der Waals surface area contributed by atoms with Gasteiger partial charge in [0.2, 0.25) is 0 Å². The highest BCUT2D eigenvalue weighted by molar-refractivity contribution is 7.97. The highest BCUT2D eigenvalue weighted by atomic mass is 32.2. The van der Waals surface area contributed by atoms with Crippen LogP contribution in [0.15, 0.2) is 40.3 Å². The van der Waals surface area contributed by atoms with Gasteiger partial charge >= 0.3 is 12.1 Å². The SMILES string of the molecule is COc1cccc(C2NSc3c2ncn(CC2(O)CCN(C(=O)C(F)(F)F)CC2)c3=O)c1. The fourth-order valence-corrected chi connectivity index (χ4v) is 4.86. The third kappa shape index (κ3) is 4.34. The van der Waals surface area contributed by atoms with Crippen LogP contribution in [0.4, 0.5) is 13.2 Å². The van der Waals surface area contributed by atoms with Gasteiger partial charge in [-0.2, -0.15) is 13.2 Å². The Labute approximate surface area is 185 Å². The van der Waals surface area contributed by atoms with Crippen molar-refractivity contribution in [1.29, 1.82) is 0 Å². The number of hydrogen-bond donors (Lipinski definition) is 2. The second-order valence-corrected chi connectivity index (χ2v) is 8.68. The first-order valence-corrected chi connectivity index (χ1v) is 10.7. The number of methoxy groups -OCH3 is 1. The Bertz CT molecular complexity index is 1080. The molecule has 1 aromatic carbocycles. The van der Waals surface area contributed by atoms with E-state index in [-0.39, 0.29) is 44.1 Å². The van der Waals surface area contributed by atoms with Crippen molar-refractivity contribution < 1.29 is 27.8 Å². The summed E-state index contributed by atoms with van der Waals surface area (Å²) < 4.78 is 47.6. The Kier molecular flexibility index (Phi) is 5.94. The predicted molar refractivity (Wildman–Crippen MR) is 109 cm³/mol. The summed E-state index contributed by atoms with van der Waals surface area (Å²) in [6.07, 6.45) is -3.75. The average molecular weight is 470 g/mol. The van der Waals surface area contributed by atoms with Gasteiger partial charge in [0.25, 0.3) is 5.56 Å². The molecule has 2 N–H and O–H groups in total. The molecule has 12 heteroatoms. The summed E-state index contributed by atoms with van der Waals surface area (Å²) in [4.78, 5) is 29.9. The van der Waals surface area contributed by atoms with Gasteiger partial charge in [-0.05, 0) is 42.5 Å². The van der Waals surface area contributed by atoms with E-state index in [4.69, 9.17) is 4.74 Å². The van der Waals surface area contributed by atoms with E-state index in [0.29, 0.717) is 21.2 Å². The third-order valence-electron chi connectivity index (χ3n) is 5.69. The number of carbonyl (C=O) groups is 1. The fraction of sp³-hybridized carbons (Fsp3) is 0.450. The van der Waals surface area contributed by atoms with Crippen molar-refractivity contribution in [2.45, 2.75) is 42.1 Å². The summed E-state index contributed by atoms with van der Waals surface area (Å²) in [5.74, 6) is -1.24. The molecule has 1 unspecified atom stereocenters. The number of halogens is 3. The minimum absolute atomic E-state index is 0.0732. The van der Waals surface area contributed by atoms with Crippen molar-refractivity contribution in [2.75, 3.05) is 20.2 Å². The maximum atomic E-state index is 13.0. The van der Waals surface area contributed by atoms with Gasteiger partial charge in [0, 0.05) is 13.1 Å². The minimum Gasteiger partial charge on any atom is -0.497 e. The van der Waals surface area contributed by atoms with E-state index in [1.165, 1.54) is 10.9 Å². The zero-order valence-electron chi connectivity index (χ0n) is 17.1. The van der Waals surface area contributed by atoms with E-state index in [2.05, 4.69) is 9.71 Å². The van der Waals surface area contributed by atoms with Crippen LogP contribution >= 0.6 is 11.9 Å². The zero-order chi connectivity index (χ0) is 23.1. The van der Waals surface area contributed by atoms with Crippen LogP contribution in [0.25, 0.3) is 0 Å². The molecule has 1 fully saturated rings. The lowest BCUT2D eigenvalue weighted by molar-refractivity contribution is -0.189. The Balaban J connectivity index is 1.50. The fourth-order valence-electron chi connectivity index (χ4n) is 3.90. The summed E-state index contributed by atoms with van der Waals surface area (Å²) in [7, 11) is 1.56. The molecule has 2 aliphatic rings. The monoisotopic (exact) mass is 470 g/mol. The molecular formula is C20H21F3N4O4S. The summed E-state index contributed by atoms with van der Waals surface area (Å²) in [6.45, 7) is -0.600. The van der Waals surface area contributed by atoms with E-state index >= 15 is 0 Å². The number of benzene rings is 1. The second kappa shape index (κ2) is 8.41. The number of fused-ring (bicyclic) bond motifs is 1. The number of aliphatic hydroxyl groups is 1.